The number of piperidine rings is 2. The number of carbonyl (C=O) groups is 2. The number of rotatable bonds is 5. The minimum Gasteiger partial charge on any atom is -0.351 e. The molecule has 1 aromatic carbocycles. The van der Waals surface area contributed by atoms with E-state index in [1.165, 1.54) is 19.3 Å². The maximum Gasteiger partial charge on any atom is 0.285 e. The molecule has 2 amide bonds. The number of aryl methyl sites for hydroxylation is 1. The Balaban J connectivity index is 1.23. The summed E-state index contributed by atoms with van der Waals surface area (Å²) in [5.41, 5.74) is 0.174. The van der Waals surface area contributed by atoms with Crippen LogP contribution in [0, 0.1) is 0 Å². The van der Waals surface area contributed by atoms with E-state index >= 15 is 0 Å². The smallest absolute Gasteiger partial charge is 0.285 e. The molecule has 0 radical (unpaired) electrons. The van der Waals surface area contributed by atoms with Crippen molar-refractivity contribution in [3.05, 3.63) is 63.8 Å². The first-order valence-corrected chi connectivity index (χ1v) is 12.5. The lowest BCUT2D eigenvalue weighted by molar-refractivity contribution is 0.0662. The highest BCUT2D eigenvalue weighted by atomic mass is 16.2. The highest BCUT2D eigenvalue weighted by molar-refractivity contribution is 5.94. The first kappa shape index (κ1) is 22.8. The molecule has 1 aromatic heterocycles. The van der Waals surface area contributed by atoms with Gasteiger partial charge in [-0.05, 0) is 57.3 Å². The maximum absolute atomic E-state index is 12.8. The molecule has 0 saturated carbocycles. The largest absolute Gasteiger partial charge is 0.351 e. The SMILES string of the molecule is O=C(NCCN1CCCCC1)c1cn2c(nc1=O)C1(CCN(C(=O)c3ccccc3)CC1)CC2. The van der Waals surface area contributed by atoms with E-state index < -0.39 is 5.56 Å². The van der Waals surface area contributed by atoms with E-state index in [0.717, 1.165) is 51.3 Å². The molecular weight excluding hydrogens is 430 g/mol. The Morgan fingerprint density at radius 3 is 2.38 bits per heavy atom. The van der Waals surface area contributed by atoms with Gasteiger partial charge in [-0.3, -0.25) is 14.4 Å². The van der Waals surface area contributed by atoms with Crippen LogP contribution in [0.3, 0.4) is 0 Å². The van der Waals surface area contributed by atoms with Gasteiger partial charge in [0.1, 0.15) is 11.4 Å². The average molecular weight is 464 g/mol. The van der Waals surface area contributed by atoms with Gasteiger partial charge in [-0.15, -0.1) is 0 Å². The van der Waals surface area contributed by atoms with Crippen molar-refractivity contribution in [2.45, 2.75) is 50.5 Å². The fraction of sp³-hybridized carbons (Fsp3) is 0.538. The molecule has 0 atom stereocenters. The van der Waals surface area contributed by atoms with Crippen LogP contribution in [-0.2, 0) is 12.0 Å². The van der Waals surface area contributed by atoms with Crippen LogP contribution in [0.1, 0.15) is 65.1 Å². The number of likely N-dealkylation sites (tertiary alicyclic amines) is 2. The molecule has 8 heteroatoms. The third-order valence-electron chi connectivity index (χ3n) is 7.74. The zero-order valence-electron chi connectivity index (χ0n) is 19.7. The van der Waals surface area contributed by atoms with Crippen LogP contribution in [0.4, 0.5) is 0 Å². The van der Waals surface area contributed by atoms with E-state index in [2.05, 4.69) is 15.2 Å². The summed E-state index contributed by atoms with van der Waals surface area (Å²) in [5.74, 6) is 0.485. The summed E-state index contributed by atoms with van der Waals surface area (Å²) >= 11 is 0. The summed E-state index contributed by atoms with van der Waals surface area (Å²) < 4.78 is 1.98. The van der Waals surface area contributed by atoms with Gasteiger partial charge in [-0.2, -0.15) is 4.98 Å². The fourth-order valence-corrected chi connectivity index (χ4v) is 5.67. The third-order valence-corrected chi connectivity index (χ3v) is 7.74. The van der Waals surface area contributed by atoms with Crippen molar-refractivity contribution in [3.8, 4) is 0 Å². The molecule has 0 unspecified atom stereocenters. The van der Waals surface area contributed by atoms with Crippen molar-refractivity contribution in [1.29, 1.82) is 0 Å². The van der Waals surface area contributed by atoms with Crippen molar-refractivity contribution in [3.63, 3.8) is 0 Å². The van der Waals surface area contributed by atoms with Gasteiger partial charge < -0.3 is 19.7 Å². The van der Waals surface area contributed by atoms with Crippen LogP contribution in [0.15, 0.2) is 41.3 Å². The van der Waals surface area contributed by atoms with Crippen molar-refractivity contribution < 1.29 is 9.59 Å². The zero-order valence-corrected chi connectivity index (χ0v) is 19.7. The second-order valence-corrected chi connectivity index (χ2v) is 9.82. The molecule has 0 aliphatic carbocycles. The molecule has 2 saturated heterocycles. The number of nitrogens with zero attached hydrogens (tertiary/aromatic N) is 4. The Kier molecular flexibility index (Phi) is 6.50. The fourth-order valence-electron chi connectivity index (χ4n) is 5.67. The highest BCUT2D eigenvalue weighted by Crippen LogP contribution is 2.42. The molecule has 3 aliphatic rings. The molecule has 5 rings (SSSR count). The molecule has 2 aromatic rings. The summed E-state index contributed by atoms with van der Waals surface area (Å²) in [6.07, 6.45) is 7.83. The number of amides is 2. The molecule has 1 N–H and O–H groups in total. The predicted molar refractivity (Wildman–Crippen MR) is 129 cm³/mol. The summed E-state index contributed by atoms with van der Waals surface area (Å²) in [4.78, 5) is 47.0. The van der Waals surface area contributed by atoms with Crippen LogP contribution in [-0.4, -0.2) is 70.4 Å². The third kappa shape index (κ3) is 4.51. The highest BCUT2D eigenvalue weighted by Gasteiger charge is 2.44. The van der Waals surface area contributed by atoms with E-state index in [1.54, 1.807) is 6.20 Å². The average Bonchev–Trinajstić information content (AvgIpc) is 3.21. The lowest BCUT2D eigenvalue weighted by Gasteiger charge is -2.38. The van der Waals surface area contributed by atoms with Crippen LogP contribution in [0.5, 0.6) is 0 Å². The first-order valence-electron chi connectivity index (χ1n) is 12.5. The van der Waals surface area contributed by atoms with Gasteiger partial charge >= 0.3 is 0 Å². The lowest BCUT2D eigenvalue weighted by atomic mass is 9.76. The van der Waals surface area contributed by atoms with Gasteiger partial charge in [-0.1, -0.05) is 24.6 Å². The van der Waals surface area contributed by atoms with Crippen molar-refractivity contribution in [2.75, 3.05) is 39.3 Å². The molecule has 2 fully saturated rings. The number of nitrogens with one attached hydrogen (secondary N) is 1. The van der Waals surface area contributed by atoms with E-state index in [4.69, 9.17) is 0 Å². The van der Waals surface area contributed by atoms with Crippen molar-refractivity contribution in [1.82, 2.24) is 24.7 Å². The molecule has 1 spiro atoms. The molecule has 3 aliphatic heterocycles. The molecule has 34 heavy (non-hydrogen) atoms. The second kappa shape index (κ2) is 9.70. The van der Waals surface area contributed by atoms with Gasteiger partial charge in [-0.25, -0.2) is 0 Å². The van der Waals surface area contributed by atoms with E-state index in [-0.39, 0.29) is 22.8 Å². The molecule has 8 nitrogen and oxygen atoms in total. The minimum absolute atomic E-state index is 0.0513. The Labute approximate surface area is 200 Å². The Morgan fingerprint density at radius 2 is 1.65 bits per heavy atom. The normalized spacial score (nSPS) is 19.7. The monoisotopic (exact) mass is 463 g/mol. The van der Waals surface area contributed by atoms with E-state index in [9.17, 15) is 14.4 Å². The molecule has 4 heterocycles. The number of hydrogen-bond donors (Lipinski definition) is 1. The topological polar surface area (TPSA) is 87.5 Å². The summed E-state index contributed by atoms with van der Waals surface area (Å²) in [7, 11) is 0. The zero-order chi connectivity index (χ0) is 23.5. The molecular formula is C26H33N5O3. The quantitative estimate of drug-likeness (QED) is 0.733. The van der Waals surface area contributed by atoms with Gasteiger partial charge in [0, 0.05) is 49.9 Å². The van der Waals surface area contributed by atoms with Crippen LogP contribution in [0.2, 0.25) is 0 Å². The van der Waals surface area contributed by atoms with Gasteiger partial charge in [0.2, 0.25) is 0 Å². The second-order valence-electron chi connectivity index (χ2n) is 9.82. The van der Waals surface area contributed by atoms with E-state index in [0.29, 0.717) is 25.2 Å². The Hall–Kier alpha value is -3.00. The molecule has 0 bridgehead atoms. The number of benzene rings is 1. The van der Waals surface area contributed by atoms with Crippen LogP contribution < -0.4 is 10.9 Å². The van der Waals surface area contributed by atoms with Gasteiger partial charge in [0.15, 0.2) is 0 Å². The van der Waals surface area contributed by atoms with Crippen molar-refractivity contribution in [2.24, 2.45) is 0 Å². The summed E-state index contributed by atoms with van der Waals surface area (Å²) in [5, 5.41) is 2.91. The van der Waals surface area contributed by atoms with Gasteiger partial charge in [0.25, 0.3) is 17.4 Å². The predicted octanol–water partition coefficient (Wildman–Crippen LogP) is 2.04. The summed E-state index contributed by atoms with van der Waals surface area (Å²) in [6, 6.07) is 9.35. The first-order chi connectivity index (χ1) is 16.6. The Bertz CT molecular complexity index is 1100. The Morgan fingerprint density at radius 1 is 0.941 bits per heavy atom. The number of hydrogen-bond acceptors (Lipinski definition) is 5. The summed E-state index contributed by atoms with van der Waals surface area (Å²) in [6.45, 7) is 5.53. The molecule has 180 valence electrons. The van der Waals surface area contributed by atoms with Crippen LogP contribution >= 0.6 is 0 Å². The number of fused-ring (bicyclic) bond motifs is 2. The number of carbonyl (C=O) groups excluding carboxylic acids is 2. The van der Waals surface area contributed by atoms with Crippen molar-refractivity contribution >= 4 is 11.8 Å². The van der Waals surface area contributed by atoms with Gasteiger partial charge in [0.05, 0.1) is 0 Å². The lowest BCUT2D eigenvalue weighted by Crippen LogP contribution is -2.45. The van der Waals surface area contributed by atoms with E-state index in [1.807, 2.05) is 39.8 Å². The standard InChI is InChI=1S/C26H33N5O3/c32-22(27-12-18-29-13-5-2-6-14-29)21-19-31-17-11-26(25(31)28-23(21)33)9-15-30(16-10-26)24(34)20-7-3-1-4-8-20/h1,3-4,7-8,19H,2,5-6,9-18H2,(H,27,32). The number of aromatic nitrogens is 2. The maximum atomic E-state index is 12.8. The minimum atomic E-state index is -0.453. The van der Waals surface area contributed by atoms with Crippen LogP contribution in [0.25, 0.3) is 0 Å².